The molecular weight excluding hydrogens is 414 g/mol. The fourth-order valence-electron chi connectivity index (χ4n) is 2.98. The SMILES string of the molecule is COc1ccc(CCNC(=O)Cc2cc(=O)[nH]c(SCc3ccccc3)n2)cc1OC. The van der Waals surface area contributed by atoms with Gasteiger partial charge in [-0.2, -0.15) is 0 Å². The second kappa shape index (κ2) is 11.2. The van der Waals surface area contributed by atoms with Gasteiger partial charge in [0.2, 0.25) is 5.91 Å². The van der Waals surface area contributed by atoms with Crippen LogP contribution in [-0.4, -0.2) is 36.6 Å². The van der Waals surface area contributed by atoms with E-state index in [1.54, 1.807) is 14.2 Å². The summed E-state index contributed by atoms with van der Waals surface area (Å²) in [7, 11) is 3.18. The number of nitrogens with one attached hydrogen (secondary N) is 2. The molecular formula is C23H25N3O4S. The molecule has 1 amide bonds. The predicted molar refractivity (Wildman–Crippen MR) is 121 cm³/mol. The molecule has 0 aliphatic heterocycles. The molecule has 1 aromatic heterocycles. The first kappa shape index (κ1) is 22.4. The van der Waals surface area contributed by atoms with E-state index in [2.05, 4.69) is 15.3 Å². The number of ether oxygens (including phenoxy) is 2. The molecule has 0 saturated carbocycles. The van der Waals surface area contributed by atoms with E-state index in [-0.39, 0.29) is 17.9 Å². The summed E-state index contributed by atoms with van der Waals surface area (Å²) in [4.78, 5) is 31.4. The first-order valence-corrected chi connectivity index (χ1v) is 10.8. The lowest BCUT2D eigenvalue weighted by molar-refractivity contribution is -0.120. The van der Waals surface area contributed by atoms with Gasteiger partial charge in [-0.3, -0.25) is 9.59 Å². The molecule has 3 rings (SSSR count). The maximum Gasteiger partial charge on any atom is 0.251 e. The minimum Gasteiger partial charge on any atom is -0.493 e. The van der Waals surface area contributed by atoms with Crippen molar-refractivity contribution in [3.63, 3.8) is 0 Å². The summed E-state index contributed by atoms with van der Waals surface area (Å²) in [5.74, 6) is 1.82. The van der Waals surface area contributed by atoms with Crippen molar-refractivity contribution in [2.24, 2.45) is 0 Å². The normalized spacial score (nSPS) is 10.5. The molecule has 31 heavy (non-hydrogen) atoms. The number of carbonyl (C=O) groups is 1. The van der Waals surface area contributed by atoms with Crippen molar-refractivity contribution in [3.8, 4) is 11.5 Å². The van der Waals surface area contributed by atoms with Crippen LogP contribution in [0.25, 0.3) is 0 Å². The van der Waals surface area contributed by atoms with Gasteiger partial charge in [0.1, 0.15) is 0 Å². The molecule has 0 spiro atoms. The van der Waals surface area contributed by atoms with Gasteiger partial charge in [0.15, 0.2) is 16.7 Å². The molecule has 0 bridgehead atoms. The average molecular weight is 440 g/mol. The van der Waals surface area contributed by atoms with E-state index in [1.807, 2.05) is 48.5 Å². The van der Waals surface area contributed by atoms with Crippen LogP contribution in [-0.2, 0) is 23.4 Å². The third-order valence-corrected chi connectivity index (χ3v) is 5.46. The second-order valence-corrected chi connectivity index (χ2v) is 7.75. The van der Waals surface area contributed by atoms with Crippen LogP contribution in [0.2, 0.25) is 0 Å². The number of hydrogen-bond acceptors (Lipinski definition) is 6. The van der Waals surface area contributed by atoms with Crippen LogP contribution in [0.1, 0.15) is 16.8 Å². The summed E-state index contributed by atoms with van der Waals surface area (Å²) >= 11 is 1.43. The molecule has 0 aliphatic rings. The van der Waals surface area contributed by atoms with Crippen LogP contribution >= 0.6 is 11.8 Å². The Bertz CT molecular complexity index is 1070. The van der Waals surface area contributed by atoms with E-state index in [9.17, 15) is 9.59 Å². The standard InChI is InChI=1S/C23H25N3O4S/c1-29-19-9-8-16(12-20(19)30-2)10-11-24-21(27)13-18-14-22(28)26-23(25-18)31-15-17-6-4-3-5-7-17/h3-9,12,14H,10-11,13,15H2,1-2H3,(H,24,27)(H,25,26,28). The Morgan fingerprint density at radius 2 is 1.81 bits per heavy atom. The molecule has 1 heterocycles. The molecule has 0 radical (unpaired) electrons. The molecule has 0 unspecified atom stereocenters. The summed E-state index contributed by atoms with van der Waals surface area (Å²) in [5, 5.41) is 3.38. The van der Waals surface area contributed by atoms with Crippen LogP contribution in [0, 0.1) is 0 Å². The molecule has 2 aromatic carbocycles. The number of carbonyl (C=O) groups excluding carboxylic acids is 1. The number of rotatable bonds is 10. The Labute approximate surface area is 185 Å². The number of nitrogens with zero attached hydrogens (tertiary/aromatic N) is 1. The zero-order chi connectivity index (χ0) is 22.1. The van der Waals surface area contributed by atoms with Crippen molar-refractivity contribution >= 4 is 17.7 Å². The van der Waals surface area contributed by atoms with Gasteiger partial charge in [-0.1, -0.05) is 48.2 Å². The Hall–Kier alpha value is -3.26. The van der Waals surface area contributed by atoms with Gasteiger partial charge in [-0.15, -0.1) is 0 Å². The van der Waals surface area contributed by atoms with Crippen molar-refractivity contribution in [3.05, 3.63) is 81.8 Å². The smallest absolute Gasteiger partial charge is 0.251 e. The predicted octanol–water partition coefficient (Wildman–Crippen LogP) is 2.98. The number of H-pyrrole nitrogens is 1. The van der Waals surface area contributed by atoms with Gasteiger partial charge in [0.05, 0.1) is 26.3 Å². The highest BCUT2D eigenvalue weighted by molar-refractivity contribution is 7.98. The number of aromatic nitrogens is 2. The summed E-state index contributed by atoms with van der Waals surface area (Å²) < 4.78 is 10.5. The van der Waals surface area contributed by atoms with Crippen LogP contribution in [0.4, 0.5) is 0 Å². The first-order chi connectivity index (χ1) is 15.1. The lowest BCUT2D eigenvalue weighted by atomic mass is 10.1. The molecule has 7 nitrogen and oxygen atoms in total. The van der Waals surface area contributed by atoms with Crippen LogP contribution in [0.15, 0.2) is 64.5 Å². The van der Waals surface area contributed by atoms with Crippen molar-refractivity contribution in [2.45, 2.75) is 23.8 Å². The lowest BCUT2D eigenvalue weighted by Crippen LogP contribution is -2.28. The molecule has 0 saturated heterocycles. The van der Waals surface area contributed by atoms with Crippen molar-refractivity contribution in [1.82, 2.24) is 15.3 Å². The Morgan fingerprint density at radius 3 is 2.55 bits per heavy atom. The minimum atomic E-state index is -0.265. The summed E-state index contributed by atoms with van der Waals surface area (Å²) in [6.45, 7) is 0.465. The lowest BCUT2D eigenvalue weighted by Gasteiger charge is -2.10. The Morgan fingerprint density at radius 1 is 1.03 bits per heavy atom. The monoisotopic (exact) mass is 439 g/mol. The van der Waals surface area contributed by atoms with Gasteiger partial charge in [0, 0.05) is 18.4 Å². The number of hydrogen-bond donors (Lipinski definition) is 2. The zero-order valence-electron chi connectivity index (χ0n) is 17.5. The third kappa shape index (κ3) is 6.89. The molecule has 0 aliphatic carbocycles. The van der Waals surface area contributed by atoms with Gasteiger partial charge in [-0.05, 0) is 29.7 Å². The average Bonchev–Trinajstić information content (AvgIpc) is 2.78. The molecule has 0 fully saturated rings. The van der Waals surface area contributed by atoms with Crippen molar-refractivity contribution in [2.75, 3.05) is 20.8 Å². The second-order valence-electron chi connectivity index (χ2n) is 6.78. The first-order valence-electron chi connectivity index (χ1n) is 9.82. The fourth-order valence-corrected chi connectivity index (χ4v) is 3.83. The van der Waals surface area contributed by atoms with Gasteiger partial charge in [0.25, 0.3) is 5.56 Å². The number of benzene rings is 2. The molecule has 2 N–H and O–H groups in total. The van der Waals surface area contributed by atoms with Crippen molar-refractivity contribution < 1.29 is 14.3 Å². The van der Waals surface area contributed by atoms with Gasteiger partial charge in [-0.25, -0.2) is 4.98 Å². The third-order valence-electron chi connectivity index (χ3n) is 4.52. The number of amides is 1. The summed E-state index contributed by atoms with van der Waals surface area (Å²) in [6, 6.07) is 16.9. The quantitative estimate of drug-likeness (QED) is 0.373. The zero-order valence-corrected chi connectivity index (χ0v) is 18.3. The van der Waals surface area contributed by atoms with E-state index in [4.69, 9.17) is 9.47 Å². The maximum atomic E-state index is 12.3. The maximum absolute atomic E-state index is 12.3. The van der Waals surface area contributed by atoms with E-state index in [0.29, 0.717) is 41.1 Å². The Balaban J connectivity index is 1.52. The van der Waals surface area contributed by atoms with Gasteiger partial charge < -0.3 is 19.8 Å². The van der Waals surface area contributed by atoms with Crippen LogP contribution in [0.5, 0.6) is 11.5 Å². The molecule has 162 valence electrons. The van der Waals surface area contributed by atoms with Crippen molar-refractivity contribution in [1.29, 1.82) is 0 Å². The fraction of sp³-hybridized carbons (Fsp3) is 0.261. The van der Waals surface area contributed by atoms with Crippen LogP contribution in [0.3, 0.4) is 0 Å². The van der Waals surface area contributed by atoms with E-state index >= 15 is 0 Å². The number of methoxy groups -OCH3 is 2. The molecule has 3 aromatic rings. The van der Waals surface area contributed by atoms with E-state index in [1.165, 1.54) is 17.8 Å². The topological polar surface area (TPSA) is 93.3 Å². The molecule has 8 heteroatoms. The van der Waals surface area contributed by atoms with Gasteiger partial charge >= 0.3 is 0 Å². The Kier molecular flexibility index (Phi) is 8.12. The largest absolute Gasteiger partial charge is 0.493 e. The van der Waals surface area contributed by atoms with E-state index < -0.39 is 0 Å². The number of aromatic amines is 1. The highest BCUT2D eigenvalue weighted by Gasteiger charge is 2.09. The highest BCUT2D eigenvalue weighted by atomic mass is 32.2. The summed E-state index contributed by atoms with van der Waals surface area (Å²) in [6.07, 6.45) is 0.696. The summed E-state index contributed by atoms with van der Waals surface area (Å²) in [5.41, 5.74) is 2.34. The minimum absolute atomic E-state index is 0.0503. The number of thioether (sulfide) groups is 1. The molecule has 0 atom stereocenters. The highest BCUT2D eigenvalue weighted by Crippen LogP contribution is 2.27. The van der Waals surface area contributed by atoms with Crippen LogP contribution < -0.4 is 20.3 Å². The van der Waals surface area contributed by atoms with E-state index in [0.717, 1.165) is 11.1 Å².